The number of nitrogens with one attached hydrogen (secondary N) is 1. The summed E-state index contributed by atoms with van der Waals surface area (Å²) in [7, 11) is 3.14. The molecule has 0 heterocycles. The molecule has 0 aliphatic heterocycles. The van der Waals surface area contributed by atoms with Gasteiger partial charge in [-0.05, 0) is 35.9 Å². The maximum atomic E-state index is 13.3. The number of halogens is 2. The Hall–Kier alpha value is -1.82. The smallest absolute Gasteiger partial charge is 0.141 e. The number of hydrogen-bond donors (Lipinski definition) is 2. The van der Waals surface area contributed by atoms with Crippen LogP contribution < -0.4 is 20.7 Å². The van der Waals surface area contributed by atoms with Crippen LogP contribution in [0.1, 0.15) is 17.2 Å². The van der Waals surface area contributed by atoms with Crippen molar-refractivity contribution in [3.05, 3.63) is 58.4 Å². The van der Waals surface area contributed by atoms with Crippen LogP contribution in [0, 0.1) is 5.82 Å². The fourth-order valence-electron chi connectivity index (χ4n) is 2.12. The summed E-state index contributed by atoms with van der Waals surface area (Å²) in [6.07, 6.45) is 0. The van der Waals surface area contributed by atoms with Gasteiger partial charge in [-0.1, -0.05) is 17.7 Å². The lowest BCUT2D eigenvalue weighted by molar-refractivity contribution is 0.394. The van der Waals surface area contributed by atoms with Gasteiger partial charge in [0.05, 0.1) is 25.3 Å². The van der Waals surface area contributed by atoms with E-state index in [9.17, 15) is 4.39 Å². The molecule has 2 aromatic carbocycles. The molecule has 0 aromatic heterocycles. The van der Waals surface area contributed by atoms with Gasteiger partial charge in [0.2, 0.25) is 0 Å². The second kappa shape index (κ2) is 6.76. The Labute approximate surface area is 127 Å². The van der Waals surface area contributed by atoms with E-state index in [0.717, 1.165) is 11.1 Å². The molecule has 1 atom stereocenters. The summed E-state index contributed by atoms with van der Waals surface area (Å²) in [5, 5.41) is 0.0367. The molecule has 3 N–H and O–H groups in total. The molecule has 0 aliphatic rings. The third-order valence-electron chi connectivity index (χ3n) is 3.19. The van der Waals surface area contributed by atoms with Crippen LogP contribution in [0.4, 0.5) is 4.39 Å². The highest BCUT2D eigenvalue weighted by Crippen LogP contribution is 2.33. The van der Waals surface area contributed by atoms with Crippen LogP contribution in [0.2, 0.25) is 5.02 Å². The Morgan fingerprint density at radius 2 is 1.90 bits per heavy atom. The molecule has 2 rings (SSSR count). The van der Waals surface area contributed by atoms with E-state index in [0.29, 0.717) is 11.5 Å². The van der Waals surface area contributed by atoms with Crippen LogP contribution in [-0.4, -0.2) is 14.2 Å². The Morgan fingerprint density at radius 1 is 1.14 bits per heavy atom. The molecule has 112 valence electrons. The van der Waals surface area contributed by atoms with E-state index < -0.39 is 11.9 Å². The first-order valence-electron chi connectivity index (χ1n) is 6.23. The summed E-state index contributed by atoms with van der Waals surface area (Å²) in [5.74, 6) is 6.48. The van der Waals surface area contributed by atoms with Crippen molar-refractivity contribution in [1.29, 1.82) is 0 Å². The lowest BCUT2D eigenvalue weighted by Crippen LogP contribution is -2.29. The summed E-state index contributed by atoms with van der Waals surface area (Å²) in [5.41, 5.74) is 4.17. The zero-order valence-electron chi connectivity index (χ0n) is 11.7. The summed E-state index contributed by atoms with van der Waals surface area (Å²) in [6, 6.07) is 9.41. The molecule has 0 saturated carbocycles. The minimum atomic E-state index is -0.478. The molecule has 21 heavy (non-hydrogen) atoms. The highest BCUT2D eigenvalue weighted by atomic mass is 35.5. The van der Waals surface area contributed by atoms with Crippen molar-refractivity contribution in [2.45, 2.75) is 6.04 Å². The molecule has 6 heteroatoms. The Morgan fingerprint density at radius 3 is 2.48 bits per heavy atom. The molecule has 2 aromatic rings. The van der Waals surface area contributed by atoms with E-state index >= 15 is 0 Å². The van der Waals surface area contributed by atoms with Crippen LogP contribution in [0.25, 0.3) is 0 Å². The van der Waals surface area contributed by atoms with Gasteiger partial charge in [0.15, 0.2) is 0 Å². The quantitative estimate of drug-likeness (QED) is 0.658. The Kier molecular flexibility index (Phi) is 5.01. The predicted molar refractivity (Wildman–Crippen MR) is 80.1 cm³/mol. The van der Waals surface area contributed by atoms with Gasteiger partial charge in [0, 0.05) is 5.56 Å². The first-order valence-corrected chi connectivity index (χ1v) is 6.61. The molecule has 4 nitrogen and oxygen atoms in total. The minimum absolute atomic E-state index is 0.0367. The SMILES string of the molecule is COc1ccc(OC)c(C(NN)c2ccc(F)c(Cl)c2)c1. The highest BCUT2D eigenvalue weighted by Gasteiger charge is 2.19. The molecule has 0 spiro atoms. The fraction of sp³-hybridized carbons (Fsp3) is 0.200. The number of rotatable bonds is 5. The third kappa shape index (κ3) is 3.26. The minimum Gasteiger partial charge on any atom is -0.497 e. The number of hydrogen-bond acceptors (Lipinski definition) is 4. The second-order valence-corrected chi connectivity index (χ2v) is 4.79. The summed E-state index contributed by atoms with van der Waals surface area (Å²) in [4.78, 5) is 0. The van der Waals surface area contributed by atoms with Gasteiger partial charge in [0.25, 0.3) is 0 Å². The molecule has 1 unspecified atom stereocenters. The zero-order valence-corrected chi connectivity index (χ0v) is 12.4. The van der Waals surface area contributed by atoms with Crippen molar-refractivity contribution in [3.8, 4) is 11.5 Å². The predicted octanol–water partition coefficient (Wildman–Crippen LogP) is 3.05. The maximum absolute atomic E-state index is 13.3. The molecule has 0 radical (unpaired) electrons. The molecular weight excluding hydrogens is 295 g/mol. The van der Waals surface area contributed by atoms with Crippen molar-refractivity contribution >= 4 is 11.6 Å². The number of nitrogens with two attached hydrogens (primary N) is 1. The first kappa shape index (κ1) is 15.6. The summed E-state index contributed by atoms with van der Waals surface area (Å²) < 4.78 is 23.9. The molecule has 0 amide bonds. The highest BCUT2D eigenvalue weighted by molar-refractivity contribution is 6.30. The first-order chi connectivity index (χ1) is 10.1. The molecule has 0 bridgehead atoms. The van der Waals surface area contributed by atoms with Crippen LogP contribution in [-0.2, 0) is 0 Å². The van der Waals surface area contributed by atoms with E-state index in [2.05, 4.69) is 5.43 Å². The van der Waals surface area contributed by atoms with Crippen LogP contribution in [0.3, 0.4) is 0 Å². The topological polar surface area (TPSA) is 56.5 Å². The lowest BCUT2D eigenvalue weighted by Gasteiger charge is -2.20. The van der Waals surface area contributed by atoms with Crippen molar-refractivity contribution in [2.75, 3.05) is 14.2 Å². The van der Waals surface area contributed by atoms with Crippen LogP contribution in [0.15, 0.2) is 36.4 Å². The summed E-state index contributed by atoms with van der Waals surface area (Å²) >= 11 is 5.84. The monoisotopic (exact) mass is 310 g/mol. The van der Waals surface area contributed by atoms with E-state index in [1.165, 1.54) is 12.1 Å². The third-order valence-corrected chi connectivity index (χ3v) is 3.48. The van der Waals surface area contributed by atoms with E-state index in [-0.39, 0.29) is 5.02 Å². The Balaban J connectivity index is 2.51. The second-order valence-electron chi connectivity index (χ2n) is 4.38. The molecule has 0 aliphatic carbocycles. The standard InChI is InChI=1S/C15H16ClFN2O2/c1-20-10-4-6-14(21-2)11(8-10)15(19-18)9-3-5-13(17)12(16)7-9/h3-8,15,19H,18H2,1-2H3. The molecular formula is C15H16ClFN2O2. The van der Waals surface area contributed by atoms with Gasteiger partial charge >= 0.3 is 0 Å². The number of hydrazine groups is 1. The normalized spacial score (nSPS) is 12.0. The van der Waals surface area contributed by atoms with Gasteiger partial charge < -0.3 is 9.47 Å². The fourth-order valence-corrected chi connectivity index (χ4v) is 2.31. The average Bonchev–Trinajstić information content (AvgIpc) is 2.51. The van der Waals surface area contributed by atoms with Crippen molar-refractivity contribution < 1.29 is 13.9 Å². The van der Waals surface area contributed by atoms with Gasteiger partial charge in [-0.15, -0.1) is 0 Å². The van der Waals surface area contributed by atoms with Gasteiger partial charge in [-0.25, -0.2) is 9.82 Å². The number of methoxy groups -OCH3 is 2. The average molecular weight is 311 g/mol. The number of benzene rings is 2. The van der Waals surface area contributed by atoms with Crippen molar-refractivity contribution in [2.24, 2.45) is 5.84 Å². The van der Waals surface area contributed by atoms with Gasteiger partial charge in [-0.3, -0.25) is 5.84 Å². The van der Waals surface area contributed by atoms with E-state index in [4.69, 9.17) is 26.9 Å². The van der Waals surface area contributed by atoms with Crippen LogP contribution >= 0.6 is 11.6 Å². The maximum Gasteiger partial charge on any atom is 0.141 e. The van der Waals surface area contributed by atoms with Gasteiger partial charge in [0.1, 0.15) is 17.3 Å². The Bertz CT molecular complexity index is 637. The van der Waals surface area contributed by atoms with Crippen LogP contribution in [0.5, 0.6) is 11.5 Å². The van der Waals surface area contributed by atoms with E-state index in [1.54, 1.807) is 38.5 Å². The molecule has 0 saturated heterocycles. The molecule has 0 fully saturated rings. The van der Waals surface area contributed by atoms with Gasteiger partial charge in [-0.2, -0.15) is 0 Å². The largest absolute Gasteiger partial charge is 0.497 e. The lowest BCUT2D eigenvalue weighted by atomic mass is 9.98. The zero-order chi connectivity index (χ0) is 15.4. The number of ether oxygens (including phenoxy) is 2. The van der Waals surface area contributed by atoms with Crippen molar-refractivity contribution in [1.82, 2.24) is 5.43 Å². The van der Waals surface area contributed by atoms with Crippen molar-refractivity contribution in [3.63, 3.8) is 0 Å². The van der Waals surface area contributed by atoms with E-state index in [1.807, 2.05) is 0 Å². The summed E-state index contributed by atoms with van der Waals surface area (Å²) in [6.45, 7) is 0.